The highest BCUT2D eigenvalue weighted by atomic mass is 35.5. The van der Waals surface area contributed by atoms with E-state index in [4.69, 9.17) is 11.6 Å². The van der Waals surface area contributed by atoms with Gasteiger partial charge >= 0.3 is 0 Å². The Kier molecular flexibility index (Phi) is 4.28. The number of aryl methyl sites for hydroxylation is 1. The normalized spacial score (nSPS) is 26.2. The summed E-state index contributed by atoms with van der Waals surface area (Å²) in [5.74, 6) is 0. The van der Waals surface area contributed by atoms with Crippen LogP contribution in [0.1, 0.15) is 36.4 Å². The molecule has 1 aromatic rings. The first-order chi connectivity index (χ1) is 9.95. The van der Waals surface area contributed by atoms with Gasteiger partial charge in [0.2, 0.25) is 10.0 Å². The third-order valence-corrected chi connectivity index (χ3v) is 6.10. The molecular formula is C15H21ClN2O2S. The van der Waals surface area contributed by atoms with Crippen molar-refractivity contribution in [1.29, 1.82) is 0 Å². The summed E-state index contributed by atoms with van der Waals surface area (Å²) < 4.78 is 25.2. The largest absolute Gasteiger partial charge is 0.308 e. The first kappa shape index (κ1) is 15.3. The molecule has 3 rings (SSSR count). The Morgan fingerprint density at radius 3 is 2.95 bits per heavy atom. The monoisotopic (exact) mass is 328 g/mol. The molecule has 0 aromatic heterocycles. The molecule has 0 amide bonds. The summed E-state index contributed by atoms with van der Waals surface area (Å²) >= 11 is 6.03. The summed E-state index contributed by atoms with van der Waals surface area (Å²) in [6, 6.07) is 6.47. The minimum Gasteiger partial charge on any atom is -0.308 e. The molecule has 1 aromatic carbocycles. The van der Waals surface area contributed by atoms with Crippen LogP contribution in [0.4, 0.5) is 0 Å². The van der Waals surface area contributed by atoms with Crippen molar-refractivity contribution in [1.82, 2.24) is 9.62 Å². The lowest BCUT2D eigenvalue weighted by molar-refractivity contribution is 0.358. The van der Waals surface area contributed by atoms with Crippen molar-refractivity contribution in [3.63, 3.8) is 0 Å². The maximum absolute atomic E-state index is 11.8. The molecule has 1 aliphatic carbocycles. The highest BCUT2D eigenvalue weighted by molar-refractivity contribution is 7.88. The molecule has 1 heterocycles. The van der Waals surface area contributed by atoms with E-state index in [0.29, 0.717) is 12.6 Å². The highest BCUT2D eigenvalue weighted by Gasteiger charge is 2.32. The molecule has 21 heavy (non-hydrogen) atoms. The predicted molar refractivity (Wildman–Crippen MR) is 85.1 cm³/mol. The number of nitrogens with zero attached hydrogens (tertiary/aromatic N) is 1. The second-order valence-electron chi connectivity index (χ2n) is 6.01. The fourth-order valence-corrected chi connectivity index (χ4v) is 4.90. The van der Waals surface area contributed by atoms with E-state index in [1.54, 1.807) is 4.31 Å². The van der Waals surface area contributed by atoms with Crippen LogP contribution in [0.3, 0.4) is 0 Å². The highest BCUT2D eigenvalue weighted by Crippen LogP contribution is 2.33. The van der Waals surface area contributed by atoms with Crippen LogP contribution in [-0.4, -0.2) is 38.1 Å². The first-order valence-electron chi connectivity index (χ1n) is 7.43. The number of benzene rings is 1. The van der Waals surface area contributed by atoms with Crippen molar-refractivity contribution in [3.8, 4) is 0 Å². The number of sulfonamides is 1. The van der Waals surface area contributed by atoms with E-state index in [1.807, 2.05) is 12.1 Å². The zero-order chi connectivity index (χ0) is 15.0. The molecule has 1 N–H and O–H groups in total. The minimum atomic E-state index is -3.09. The summed E-state index contributed by atoms with van der Waals surface area (Å²) in [6.45, 7) is 1.38. The molecule has 116 valence electrons. The lowest BCUT2D eigenvalue weighted by atomic mass is 10.1. The van der Waals surface area contributed by atoms with Crippen LogP contribution in [0.2, 0.25) is 5.02 Å². The van der Waals surface area contributed by atoms with Gasteiger partial charge < -0.3 is 5.32 Å². The molecule has 0 bridgehead atoms. The Morgan fingerprint density at radius 2 is 2.19 bits per heavy atom. The van der Waals surface area contributed by atoms with Crippen molar-refractivity contribution in [3.05, 3.63) is 34.3 Å². The first-order valence-corrected chi connectivity index (χ1v) is 9.66. The van der Waals surface area contributed by atoms with Crippen LogP contribution in [0.15, 0.2) is 18.2 Å². The van der Waals surface area contributed by atoms with Crippen LogP contribution in [0.5, 0.6) is 0 Å². The smallest absolute Gasteiger partial charge is 0.211 e. The van der Waals surface area contributed by atoms with E-state index in [2.05, 4.69) is 11.4 Å². The van der Waals surface area contributed by atoms with E-state index in [1.165, 1.54) is 17.4 Å². The van der Waals surface area contributed by atoms with Gasteiger partial charge in [0.25, 0.3) is 0 Å². The van der Waals surface area contributed by atoms with Crippen molar-refractivity contribution in [2.24, 2.45) is 0 Å². The standard InChI is InChI=1S/C15H21ClN2O2S/c1-21(19,20)18-8-2-3-13(18)10-17-15-7-4-11-9-12(16)5-6-14(11)15/h5-6,9,13,15,17H,2-4,7-8,10H2,1H3/t13-,15?/m1/s1. The SMILES string of the molecule is CS(=O)(=O)N1CCC[C@@H]1CNC1CCc2cc(Cl)ccc21. The molecule has 1 fully saturated rings. The van der Waals surface area contributed by atoms with Gasteiger partial charge in [-0.15, -0.1) is 0 Å². The molecule has 2 atom stereocenters. The molecule has 1 saturated heterocycles. The molecule has 1 unspecified atom stereocenters. The van der Waals surface area contributed by atoms with Gasteiger partial charge in [0.05, 0.1) is 6.26 Å². The maximum Gasteiger partial charge on any atom is 0.211 e. The zero-order valence-electron chi connectivity index (χ0n) is 12.2. The number of hydrogen-bond donors (Lipinski definition) is 1. The van der Waals surface area contributed by atoms with E-state index < -0.39 is 10.0 Å². The molecule has 0 saturated carbocycles. The van der Waals surface area contributed by atoms with Crippen LogP contribution >= 0.6 is 11.6 Å². The number of rotatable bonds is 4. The average Bonchev–Trinajstić information content (AvgIpc) is 3.01. The second kappa shape index (κ2) is 5.88. The van der Waals surface area contributed by atoms with Gasteiger partial charge in [-0.1, -0.05) is 17.7 Å². The molecule has 0 spiro atoms. The number of halogens is 1. The average molecular weight is 329 g/mol. The summed E-state index contributed by atoms with van der Waals surface area (Å²) in [7, 11) is -3.09. The number of hydrogen-bond acceptors (Lipinski definition) is 3. The third-order valence-electron chi connectivity index (χ3n) is 4.53. The number of fused-ring (bicyclic) bond motifs is 1. The Labute approximate surface area is 131 Å². The third kappa shape index (κ3) is 3.26. The maximum atomic E-state index is 11.8. The fourth-order valence-electron chi connectivity index (χ4n) is 3.53. The lowest BCUT2D eigenvalue weighted by Crippen LogP contribution is -2.41. The molecular weight excluding hydrogens is 308 g/mol. The summed E-state index contributed by atoms with van der Waals surface area (Å²) in [6.07, 6.45) is 5.30. The molecule has 6 heteroatoms. The van der Waals surface area contributed by atoms with Gasteiger partial charge in [0, 0.05) is 30.2 Å². The van der Waals surface area contributed by atoms with Crippen molar-refractivity contribution in [2.75, 3.05) is 19.3 Å². The second-order valence-corrected chi connectivity index (χ2v) is 8.38. The molecule has 2 aliphatic rings. The Morgan fingerprint density at radius 1 is 1.38 bits per heavy atom. The predicted octanol–water partition coefficient (Wildman–Crippen LogP) is 2.34. The van der Waals surface area contributed by atoms with Crippen molar-refractivity contribution < 1.29 is 8.42 Å². The minimum absolute atomic E-state index is 0.0938. The van der Waals surface area contributed by atoms with E-state index in [-0.39, 0.29) is 6.04 Å². The van der Waals surface area contributed by atoms with Gasteiger partial charge in [-0.25, -0.2) is 8.42 Å². The van der Waals surface area contributed by atoms with Crippen LogP contribution in [0.25, 0.3) is 0 Å². The van der Waals surface area contributed by atoms with Crippen LogP contribution in [0, 0.1) is 0 Å². The van der Waals surface area contributed by atoms with Gasteiger partial charge in [-0.05, 0) is 48.9 Å². The van der Waals surface area contributed by atoms with Gasteiger partial charge in [-0.3, -0.25) is 0 Å². The number of nitrogens with one attached hydrogen (secondary N) is 1. The van der Waals surface area contributed by atoms with Crippen molar-refractivity contribution in [2.45, 2.75) is 37.8 Å². The van der Waals surface area contributed by atoms with E-state index in [0.717, 1.165) is 37.3 Å². The summed E-state index contributed by atoms with van der Waals surface area (Å²) in [4.78, 5) is 0. The zero-order valence-corrected chi connectivity index (χ0v) is 13.8. The van der Waals surface area contributed by atoms with Crippen LogP contribution < -0.4 is 5.32 Å². The quantitative estimate of drug-likeness (QED) is 0.923. The van der Waals surface area contributed by atoms with E-state index >= 15 is 0 Å². The molecule has 4 nitrogen and oxygen atoms in total. The van der Waals surface area contributed by atoms with Gasteiger partial charge in [-0.2, -0.15) is 4.31 Å². The van der Waals surface area contributed by atoms with Crippen LogP contribution in [-0.2, 0) is 16.4 Å². The van der Waals surface area contributed by atoms with Gasteiger partial charge in [0.15, 0.2) is 0 Å². The Bertz CT molecular complexity index is 633. The Hall–Kier alpha value is -0.620. The fraction of sp³-hybridized carbons (Fsp3) is 0.600. The van der Waals surface area contributed by atoms with Crippen molar-refractivity contribution >= 4 is 21.6 Å². The van der Waals surface area contributed by atoms with E-state index in [9.17, 15) is 8.42 Å². The summed E-state index contributed by atoms with van der Waals surface area (Å²) in [5, 5.41) is 4.34. The summed E-state index contributed by atoms with van der Waals surface area (Å²) in [5.41, 5.74) is 2.62. The Balaban J connectivity index is 1.65. The van der Waals surface area contributed by atoms with Gasteiger partial charge in [0.1, 0.15) is 0 Å². The molecule has 1 aliphatic heterocycles. The topological polar surface area (TPSA) is 49.4 Å². The molecule has 0 radical (unpaired) electrons. The lowest BCUT2D eigenvalue weighted by Gasteiger charge is -2.24.